The average Bonchev–Trinajstić information content (AvgIpc) is 3.05. The number of aromatic nitrogens is 2. The van der Waals surface area contributed by atoms with Crippen molar-refractivity contribution in [2.45, 2.75) is 38.8 Å². The van der Waals surface area contributed by atoms with E-state index in [0.29, 0.717) is 6.54 Å². The topological polar surface area (TPSA) is 67.2 Å². The van der Waals surface area contributed by atoms with Crippen LogP contribution >= 0.6 is 0 Å². The Balaban J connectivity index is 1.68. The molecule has 0 spiro atoms. The predicted octanol–water partition coefficient (Wildman–Crippen LogP) is 1.05. The van der Waals surface area contributed by atoms with Gasteiger partial charge in [-0.2, -0.15) is 5.10 Å². The van der Waals surface area contributed by atoms with Gasteiger partial charge in [0.15, 0.2) is 0 Å². The lowest BCUT2D eigenvalue weighted by molar-refractivity contribution is 0.197. The van der Waals surface area contributed by atoms with E-state index in [1.165, 1.54) is 37.6 Å². The number of sulfonamides is 1. The van der Waals surface area contributed by atoms with Crippen LogP contribution in [0.15, 0.2) is 12.3 Å². The average molecular weight is 326 g/mol. The van der Waals surface area contributed by atoms with Gasteiger partial charge < -0.3 is 0 Å². The summed E-state index contributed by atoms with van der Waals surface area (Å²) in [6, 6.07) is 2.08. The number of rotatable bonds is 5. The molecule has 22 heavy (non-hydrogen) atoms. The molecule has 124 valence electrons. The highest BCUT2D eigenvalue weighted by Crippen LogP contribution is 2.27. The summed E-state index contributed by atoms with van der Waals surface area (Å²) < 4.78 is 27.4. The molecular weight excluding hydrogens is 300 g/mol. The lowest BCUT2D eigenvalue weighted by Gasteiger charge is -2.26. The third kappa shape index (κ3) is 4.30. The molecular formula is C15H26N4O2S. The number of nitrogens with one attached hydrogen (secondary N) is 1. The summed E-state index contributed by atoms with van der Waals surface area (Å²) in [5.74, 6) is 1.07. The van der Waals surface area contributed by atoms with Crippen molar-refractivity contribution in [1.29, 1.82) is 0 Å². The molecule has 1 saturated carbocycles. The monoisotopic (exact) mass is 326 g/mol. The second-order valence-corrected chi connectivity index (χ2v) is 8.67. The molecule has 1 aromatic heterocycles. The molecule has 6 nitrogen and oxygen atoms in total. The second kappa shape index (κ2) is 6.68. The molecule has 0 saturated heterocycles. The fraction of sp³-hybridized carbons (Fsp3) is 0.800. The molecule has 0 radical (unpaired) electrons. The zero-order valence-electron chi connectivity index (χ0n) is 13.2. The Morgan fingerprint density at radius 1 is 1.27 bits per heavy atom. The van der Waals surface area contributed by atoms with Gasteiger partial charge in [0.05, 0.1) is 11.9 Å². The third-order valence-corrected chi connectivity index (χ3v) is 5.45. The van der Waals surface area contributed by atoms with Crippen molar-refractivity contribution in [1.82, 2.24) is 19.4 Å². The zero-order valence-corrected chi connectivity index (χ0v) is 14.1. The normalized spacial score (nSPS) is 24.3. The van der Waals surface area contributed by atoms with Crippen LogP contribution in [0.1, 0.15) is 31.4 Å². The van der Waals surface area contributed by atoms with Gasteiger partial charge in [-0.15, -0.1) is 0 Å². The lowest BCUT2D eigenvalue weighted by atomic mass is 10.1. The van der Waals surface area contributed by atoms with E-state index < -0.39 is 10.0 Å². The first-order valence-electron chi connectivity index (χ1n) is 8.17. The van der Waals surface area contributed by atoms with Crippen LogP contribution in [0.25, 0.3) is 0 Å². The van der Waals surface area contributed by atoms with E-state index in [2.05, 4.69) is 20.8 Å². The molecule has 7 heteroatoms. The molecule has 0 unspecified atom stereocenters. The Hall–Kier alpha value is -0.920. The minimum absolute atomic E-state index is 0.261. The van der Waals surface area contributed by atoms with Crippen LogP contribution in [0.4, 0.5) is 0 Å². The van der Waals surface area contributed by atoms with Gasteiger partial charge in [-0.1, -0.05) is 12.8 Å². The van der Waals surface area contributed by atoms with Gasteiger partial charge in [-0.25, -0.2) is 13.1 Å². The summed E-state index contributed by atoms with van der Waals surface area (Å²) in [4.78, 5) is 2.49. The molecule has 2 aliphatic rings. The number of hydrogen-bond donors (Lipinski definition) is 1. The van der Waals surface area contributed by atoms with Crippen molar-refractivity contribution >= 4 is 10.0 Å². The molecule has 0 aromatic carbocycles. The Morgan fingerprint density at radius 3 is 2.77 bits per heavy atom. The number of fused-ring (bicyclic) bond motifs is 1. The van der Waals surface area contributed by atoms with Gasteiger partial charge in [-0.05, 0) is 24.8 Å². The molecule has 1 aliphatic carbocycles. The van der Waals surface area contributed by atoms with Crippen LogP contribution < -0.4 is 4.72 Å². The zero-order chi connectivity index (χ0) is 15.6. The fourth-order valence-electron chi connectivity index (χ4n) is 3.72. The fourth-order valence-corrected chi connectivity index (χ4v) is 4.25. The van der Waals surface area contributed by atoms with Gasteiger partial charge in [-0.3, -0.25) is 9.58 Å². The summed E-state index contributed by atoms with van der Waals surface area (Å²) in [6.07, 6.45) is 8.45. The van der Waals surface area contributed by atoms with E-state index >= 15 is 0 Å². The van der Waals surface area contributed by atoms with E-state index in [9.17, 15) is 8.42 Å². The molecule has 1 N–H and O–H groups in total. The van der Waals surface area contributed by atoms with Crippen molar-refractivity contribution in [3.8, 4) is 0 Å². The third-order valence-electron chi connectivity index (χ3n) is 4.76. The maximum absolute atomic E-state index is 11.4. The van der Waals surface area contributed by atoms with Gasteiger partial charge in [0, 0.05) is 44.8 Å². The minimum atomic E-state index is -3.14. The standard InChI is InChI=1S/C15H26N4O2S/c1-22(20,21)17-8-14-10-18(9-13-4-2-3-5-13)12-15-6-7-16-19(15)11-14/h6-7,13-14,17H,2-5,8-12H2,1H3/t14-/m1/s1. The van der Waals surface area contributed by atoms with E-state index in [1.807, 2.05) is 10.9 Å². The predicted molar refractivity (Wildman–Crippen MR) is 85.8 cm³/mol. The van der Waals surface area contributed by atoms with E-state index in [0.717, 1.165) is 32.1 Å². The molecule has 1 aromatic rings. The molecule has 3 rings (SSSR count). The van der Waals surface area contributed by atoms with Gasteiger partial charge in [0.1, 0.15) is 0 Å². The summed E-state index contributed by atoms with van der Waals surface area (Å²) in [5.41, 5.74) is 1.24. The van der Waals surface area contributed by atoms with E-state index in [1.54, 1.807) is 0 Å². The lowest BCUT2D eigenvalue weighted by Crippen LogP contribution is -2.37. The first kappa shape index (κ1) is 16.0. The minimum Gasteiger partial charge on any atom is -0.297 e. The van der Waals surface area contributed by atoms with Gasteiger partial charge in [0.25, 0.3) is 0 Å². The van der Waals surface area contributed by atoms with Crippen LogP contribution in [0.5, 0.6) is 0 Å². The van der Waals surface area contributed by atoms with E-state index in [-0.39, 0.29) is 5.92 Å². The summed E-state index contributed by atoms with van der Waals surface area (Å²) >= 11 is 0. The quantitative estimate of drug-likeness (QED) is 0.878. The SMILES string of the molecule is CS(=O)(=O)NC[C@@H]1CN(CC2CCCC2)Cc2ccnn2C1. The first-order chi connectivity index (χ1) is 10.5. The van der Waals surface area contributed by atoms with Crippen molar-refractivity contribution in [2.24, 2.45) is 11.8 Å². The summed E-state index contributed by atoms with van der Waals surface area (Å²) in [7, 11) is -3.14. The van der Waals surface area contributed by atoms with Gasteiger partial charge >= 0.3 is 0 Å². The van der Waals surface area contributed by atoms with Crippen molar-refractivity contribution < 1.29 is 8.42 Å². The molecule has 0 bridgehead atoms. The van der Waals surface area contributed by atoms with Gasteiger partial charge in [0.2, 0.25) is 10.0 Å². The molecule has 1 atom stereocenters. The van der Waals surface area contributed by atoms with Crippen LogP contribution in [-0.4, -0.2) is 49.0 Å². The largest absolute Gasteiger partial charge is 0.297 e. The van der Waals surface area contributed by atoms with Crippen LogP contribution in [-0.2, 0) is 23.1 Å². The molecule has 0 amide bonds. The van der Waals surface area contributed by atoms with E-state index in [4.69, 9.17) is 0 Å². The molecule has 1 fully saturated rings. The number of nitrogens with zero attached hydrogens (tertiary/aromatic N) is 3. The van der Waals surface area contributed by atoms with Crippen molar-refractivity contribution in [3.63, 3.8) is 0 Å². The highest BCUT2D eigenvalue weighted by molar-refractivity contribution is 7.88. The van der Waals surface area contributed by atoms with Crippen LogP contribution in [0.2, 0.25) is 0 Å². The molecule has 1 aliphatic heterocycles. The Bertz CT molecular complexity index is 592. The maximum atomic E-state index is 11.4. The Kier molecular flexibility index (Phi) is 4.84. The summed E-state index contributed by atoms with van der Waals surface area (Å²) in [5, 5.41) is 4.39. The Labute approximate surface area is 132 Å². The van der Waals surface area contributed by atoms with Crippen molar-refractivity contribution in [3.05, 3.63) is 18.0 Å². The van der Waals surface area contributed by atoms with Crippen LogP contribution in [0.3, 0.4) is 0 Å². The smallest absolute Gasteiger partial charge is 0.208 e. The number of hydrogen-bond acceptors (Lipinski definition) is 4. The maximum Gasteiger partial charge on any atom is 0.208 e. The first-order valence-corrected chi connectivity index (χ1v) is 10.1. The second-order valence-electron chi connectivity index (χ2n) is 6.84. The van der Waals surface area contributed by atoms with Crippen molar-refractivity contribution in [2.75, 3.05) is 25.9 Å². The Morgan fingerprint density at radius 2 is 2.05 bits per heavy atom. The van der Waals surface area contributed by atoms with Crippen LogP contribution in [0, 0.1) is 11.8 Å². The highest BCUT2D eigenvalue weighted by atomic mass is 32.2. The molecule has 2 heterocycles. The summed E-state index contributed by atoms with van der Waals surface area (Å²) in [6.45, 7) is 4.25. The highest BCUT2D eigenvalue weighted by Gasteiger charge is 2.26.